The minimum absolute atomic E-state index is 0. The molecule has 6 heteroatoms. The van der Waals surface area contributed by atoms with E-state index < -0.39 is 0 Å². The number of nitrogens with zero attached hydrogens (tertiary/aromatic N) is 1. The summed E-state index contributed by atoms with van der Waals surface area (Å²) in [6.45, 7) is 16.0. The number of aryl methyl sites for hydroxylation is 1. The van der Waals surface area contributed by atoms with Crippen LogP contribution in [0.5, 0.6) is 0 Å². The molecule has 0 radical (unpaired) electrons. The maximum atomic E-state index is 12.0. The van der Waals surface area contributed by atoms with Crippen LogP contribution in [0.4, 0.5) is 0 Å². The largest absolute Gasteiger partial charge is 0.357 e. The molecule has 5 nitrogen and oxygen atoms in total. The van der Waals surface area contributed by atoms with E-state index in [0.717, 1.165) is 13.1 Å². The minimum Gasteiger partial charge on any atom is -0.357 e. The number of aliphatic imine (C=N–C) groups is 1. The predicted octanol–water partition coefficient (Wildman–Crippen LogP) is 3.36. The lowest BCUT2D eigenvalue weighted by Crippen LogP contribution is -2.45. The van der Waals surface area contributed by atoms with Gasteiger partial charge in [-0.1, -0.05) is 38.1 Å². The molecule has 0 aliphatic carbocycles. The third-order valence-corrected chi connectivity index (χ3v) is 3.81. The van der Waals surface area contributed by atoms with Gasteiger partial charge >= 0.3 is 0 Å². The molecule has 0 aliphatic rings. The molecule has 0 spiro atoms. The quantitative estimate of drug-likeness (QED) is 0.337. The second-order valence-corrected chi connectivity index (χ2v) is 8.05. The summed E-state index contributed by atoms with van der Waals surface area (Å²) in [6.07, 6.45) is 0. The lowest BCUT2D eigenvalue weighted by atomic mass is 9.82. The van der Waals surface area contributed by atoms with Crippen LogP contribution in [-0.2, 0) is 10.2 Å². The highest BCUT2D eigenvalue weighted by atomic mass is 127. The summed E-state index contributed by atoms with van der Waals surface area (Å²) in [5.74, 6) is 0.580. The number of rotatable bonds is 6. The Morgan fingerprint density at radius 3 is 2.23 bits per heavy atom. The van der Waals surface area contributed by atoms with Gasteiger partial charge in [-0.15, -0.1) is 24.0 Å². The lowest BCUT2D eigenvalue weighted by molar-refractivity contribution is -0.121. The molecule has 1 aromatic rings. The molecule has 0 saturated heterocycles. The van der Waals surface area contributed by atoms with Crippen molar-refractivity contribution < 1.29 is 4.79 Å². The Hall–Kier alpha value is -1.31. The van der Waals surface area contributed by atoms with E-state index >= 15 is 0 Å². The first-order valence-corrected chi connectivity index (χ1v) is 8.94. The van der Waals surface area contributed by atoms with Crippen molar-refractivity contribution >= 4 is 35.8 Å². The standard InChI is InChI=1S/C20H34N4O.HI/c1-8-21-18(22-13-17(25)24-19(3,4)5)23-14-20(6,7)16-12-10-9-11-15(16)2;/h9-12H,8,13-14H2,1-7H3,(H,24,25)(H2,21,22,23);1H. The molecule has 0 heterocycles. The summed E-state index contributed by atoms with van der Waals surface area (Å²) in [4.78, 5) is 16.4. The number of hydrogen-bond acceptors (Lipinski definition) is 2. The zero-order valence-corrected chi connectivity index (χ0v) is 19.5. The van der Waals surface area contributed by atoms with Crippen LogP contribution >= 0.6 is 24.0 Å². The Kier molecular flexibility index (Phi) is 10.2. The average molecular weight is 474 g/mol. The highest BCUT2D eigenvalue weighted by Gasteiger charge is 2.22. The molecule has 26 heavy (non-hydrogen) atoms. The topological polar surface area (TPSA) is 65.5 Å². The molecule has 0 atom stereocenters. The number of carbonyl (C=O) groups excluding carboxylic acids is 1. The highest BCUT2D eigenvalue weighted by molar-refractivity contribution is 14.0. The van der Waals surface area contributed by atoms with Gasteiger partial charge in [0.05, 0.1) is 0 Å². The van der Waals surface area contributed by atoms with E-state index in [4.69, 9.17) is 0 Å². The number of nitrogens with one attached hydrogen (secondary N) is 3. The summed E-state index contributed by atoms with van der Waals surface area (Å²) in [5.41, 5.74) is 2.30. The zero-order valence-electron chi connectivity index (χ0n) is 17.2. The van der Waals surface area contributed by atoms with Gasteiger partial charge in [0.1, 0.15) is 6.54 Å². The second kappa shape index (κ2) is 10.7. The third kappa shape index (κ3) is 8.87. The number of carbonyl (C=O) groups is 1. The van der Waals surface area contributed by atoms with Crippen molar-refractivity contribution in [1.29, 1.82) is 0 Å². The van der Waals surface area contributed by atoms with Gasteiger partial charge in [-0.05, 0) is 45.7 Å². The van der Waals surface area contributed by atoms with Crippen molar-refractivity contribution in [3.8, 4) is 0 Å². The molecular weight excluding hydrogens is 439 g/mol. The van der Waals surface area contributed by atoms with E-state index in [1.807, 2.05) is 27.7 Å². The molecule has 0 fully saturated rings. The van der Waals surface area contributed by atoms with Crippen LogP contribution < -0.4 is 16.0 Å². The molecule has 148 valence electrons. The maximum Gasteiger partial charge on any atom is 0.242 e. The smallest absolute Gasteiger partial charge is 0.242 e. The number of benzene rings is 1. The summed E-state index contributed by atoms with van der Waals surface area (Å²) in [5, 5.41) is 9.48. The summed E-state index contributed by atoms with van der Waals surface area (Å²) in [6, 6.07) is 8.42. The van der Waals surface area contributed by atoms with Crippen molar-refractivity contribution in [2.75, 3.05) is 19.6 Å². The van der Waals surface area contributed by atoms with E-state index in [2.05, 4.69) is 66.0 Å². The molecular formula is C20H35IN4O. The molecule has 3 N–H and O–H groups in total. The summed E-state index contributed by atoms with van der Waals surface area (Å²) >= 11 is 0. The van der Waals surface area contributed by atoms with Gasteiger partial charge in [0.2, 0.25) is 5.91 Å². The summed E-state index contributed by atoms with van der Waals surface area (Å²) < 4.78 is 0. The van der Waals surface area contributed by atoms with E-state index in [0.29, 0.717) is 5.96 Å². The average Bonchev–Trinajstić information content (AvgIpc) is 2.48. The minimum atomic E-state index is -0.245. The number of amides is 1. The molecule has 1 amide bonds. The van der Waals surface area contributed by atoms with Crippen molar-refractivity contribution in [3.05, 3.63) is 35.4 Å². The molecule has 1 rings (SSSR count). The van der Waals surface area contributed by atoms with E-state index in [9.17, 15) is 4.79 Å². The fourth-order valence-electron chi connectivity index (χ4n) is 2.68. The fourth-order valence-corrected chi connectivity index (χ4v) is 2.68. The maximum absolute atomic E-state index is 12.0. The number of hydrogen-bond donors (Lipinski definition) is 3. The van der Waals surface area contributed by atoms with Gasteiger partial charge in [0.25, 0.3) is 0 Å². The first-order valence-electron chi connectivity index (χ1n) is 8.94. The molecule has 0 saturated carbocycles. The van der Waals surface area contributed by atoms with Gasteiger partial charge in [0, 0.05) is 24.0 Å². The van der Waals surface area contributed by atoms with E-state index in [1.165, 1.54) is 11.1 Å². The normalized spacial score (nSPS) is 12.2. The van der Waals surface area contributed by atoms with Gasteiger partial charge in [0.15, 0.2) is 5.96 Å². The van der Waals surface area contributed by atoms with Gasteiger partial charge in [-0.3, -0.25) is 4.79 Å². The van der Waals surface area contributed by atoms with Gasteiger partial charge < -0.3 is 16.0 Å². The molecule has 0 aromatic heterocycles. The molecule has 0 bridgehead atoms. The van der Waals surface area contributed by atoms with Crippen LogP contribution in [0.1, 0.15) is 52.7 Å². The van der Waals surface area contributed by atoms with Gasteiger partial charge in [-0.25, -0.2) is 4.99 Å². The fraction of sp³-hybridized carbons (Fsp3) is 0.600. The zero-order chi connectivity index (χ0) is 19.1. The van der Waals surface area contributed by atoms with Crippen molar-refractivity contribution in [2.24, 2.45) is 4.99 Å². The third-order valence-electron chi connectivity index (χ3n) is 3.81. The van der Waals surface area contributed by atoms with E-state index in [-0.39, 0.29) is 47.4 Å². The van der Waals surface area contributed by atoms with Crippen LogP contribution in [0, 0.1) is 6.92 Å². The number of guanidine groups is 1. The van der Waals surface area contributed by atoms with Crippen molar-refractivity contribution in [3.63, 3.8) is 0 Å². The SMILES string of the molecule is CCNC(=NCC(=O)NC(C)(C)C)NCC(C)(C)c1ccccc1C.I. The van der Waals surface area contributed by atoms with Crippen LogP contribution in [0.25, 0.3) is 0 Å². The molecule has 1 aromatic carbocycles. The first-order chi connectivity index (χ1) is 11.5. The van der Waals surface area contributed by atoms with Crippen LogP contribution in [0.15, 0.2) is 29.3 Å². The lowest BCUT2D eigenvalue weighted by Gasteiger charge is -2.28. The monoisotopic (exact) mass is 474 g/mol. The van der Waals surface area contributed by atoms with Crippen LogP contribution in [-0.4, -0.2) is 37.0 Å². The Labute approximate surface area is 175 Å². The Morgan fingerprint density at radius 2 is 1.69 bits per heavy atom. The van der Waals surface area contributed by atoms with Gasteiger partial charge in [-0.2, -0.15) is 0 Å². The second-order valence-electron chi connectivity index (χ2n) is 8.05. The summed E-state index contributed by atoms with van der Waals surface area (Å²) in [7, 11) is 0. The van der Waals surface area contributed by atoms with Crippen molar-refractivity contribution in [2.45, 2.75) is 59.4 Å². The predicted molar refractivity (Wildman–Crippen MR) is 121 cm³/mol. The Bertz CT molecular complexity index is 606. The van der Waals surface area contributed by atoms with Crippen molar-refractivity contribution in [1.82, 2.24) is 16.0 Å². The first kappa shape index (κ1) is 24.7. The molecule has 0 unspecified atom stereocenters. The van der Waals surface area contributed by atoms with E-state index in [1.54, 1.807) is 0 Å². The molecule has 0 aliphatic heterocycles. The Balaban J connectivity index is 0.00000625. The number of halogens is 1. The Morgan fingerprint density at radius 1 is 1.08 bits per heavy atom. The van der Waals surface area contributed by atoms with Crippen LogP contribution in [0.3, 0.4) is 0 Å². The van der Waals surface area contributed by atoms with Crippen LogP contribution in [0.2, 0.25) is 0 Å². The highest BCUT2D eigenvalue weighted by Crippen LogP contribution is 2.25.